The van der Waals surface area contributed by atoms with Gasteiger partial charge in [0, 0.05) is 13.2 Å². The van der Waals surface area contributed by atoms with Crippen LogP contribution >= 0.6 is 20.1 Å². The van der Waals surface area contributed by atoms with E-state index in [4.69, 9.17) is 9.47 Å². The first kappa shape index (κ1) is 41.5. The van der Waals surface area contributed by atoms with Gasteiger partial charge in [0.05, 0.1) is 31.8 Å². The Labute approximate surface area is 261 Å². The lowest BCUT2D eigenvalue weighted by Crippen LogP contribution is -2.40. The number of aliphatic hydroxyl groups excluding tert-OH is 2. The van der Waals surface area contributed by atoms with E-state index in [0.29, 0.717) is 13.2 Å². The summed E-state index contributed by atoms with van der Waals surface area (Å²) in [5, 5.41) is 20.4. The first-order chi connectivity index (χ1) is 19.9. The number of hydrogen-bond donors (Lipinski definition) is 2. The summed E-state index contributed by atoms with van der Waals surface area (Å²) in [6.45, 7) is 15.9. The number of hydrogen-bond acceptors (Lipinski definition) is 4. The van der Waals surface area contributed by atoms with Crippen LogP contribution in [0, 0.1) is 5.41 Å². The third-order valence-corrected chi connectivity index (χ3v) is 18.0. The molecule has 0 aromatic heterocycles. The Hall–Kier alpha value is 0.540. The molecule has 0 atom stereocenters. The quantitative estimate of drug-likeness (QED) is 0.0733. The van der Waals surface area contributed by atoms with Crippen LogP contribution in [0.3, 0.4) is 0 Å². The van der Waals surface area contributed by atoms with Crippen LogP contribution in [0.15, 0.2) is 0 Å². The summed E-state index contributed by atoms with van der Waals surface area (Å²) in [4.78, 5) is 0. The van der Waals surface area contributed by atoms with E-state index in [1.54, 1.807) is 0 Å². The van der Waals surface area contributed by atoms with Crippen molar-refractivity contribution < 1.29 is 19.7 Å². The molecule has 0 saturated heterocycles. The van der Waals surface area contributed by atoms with Crippen molar-refractivity contribution in [1.82, 2.24) is 0 Å². The van der Waals surface area contributed by atoms with Gasteiger partial charge in [-0.15, -0.1) is 0 Å². The maximum Gasteiger partial charge on any atom is 0.0632 e. The van der Waals surface area contributed by atoms with Crippen LogP contribution in [0.25, 0.3) is 0 Å². The van der Waals surface area contributed by atoms with Gasteiger partial charge in [-0.3, -0.25) is 0 Å². The van der Waals surface area contributed by atoms with E-state index < -0.39 is 25.5 Å². The fourth-order valence-electron chi connectivity index (χ4n) is 5.71. The van der Waals surface area contributed by atoms with Crippen molar-refractivity contribution in [3.63, 3.8) is 0 Å². The van der Waals surface area contributed by atoms with Gasteiger partial charge < -0.3 is 19.7 Å². The van der Waals surface area contributed by atoms with Crippen molar-refractivity contribution in [3.8, 4) is 0 Å². The summed E-state index contributed by atoms with van der Waals surface area (Å²) in [6, 6.07) is 0. The van der Waals surface area contributed by atoms with Crippen molar-refractivity contribution in [1.29, 1.82) is 0 Å². The van der Waals surface area contributed by atoms with Gasteiger partial charge in [0.2, 0.25) is 0 Å². The van der Waals surface area contributed by atoms with Gasteiger partial charge in [-0.05, 0) is 97.4 Å². The summed E-state index contributed by atoms with van der Waals surface area (Å²) in [6.07, 6.45) is 18.1. The lowest BCUT2D eigenvalue weighted by molar-refractivity contribution is -0.0765. The monoisotopic (exact) mass is 625 g/mol. The lowest BCUT2D eigenvalue weighted by atomic mass is 9.92. The molecule has 0 spiro atoms. The maximum absolute atomic E-state index is 10.2. The van der Waals surface area contributed by atoms with Crippen LogP contribution < -0.4 is 0 Å². The van der Waals surface area contributed by atoms with E-state index in [0.717, 1.165) is 26.1 Å². The SMILES string of the molecule is CCCCS(CCCC)(CCCC)CCCOCC(CO)(CO)COCCCS(CCCC)(CCCC)CCCC. The van der Waals surface area contributed by atoms with Crippen molar-refractivity contribution in [2.24, 2.45) is 5.41 Å². The second-order valence-corrected chi connectivity index (χ2v) is 21.0. The van der Waals surface area contributed by atoms with Gasteiger partial charge >= 0.3 is 0 Å². The molecule has 0 amide bonds. The average Bonchev–Trinajstić information content (AvgIpc) is 3.00. The third-order valence-electron chi connectivity index (χ3n) is 8.80. The molecule has 0 aromatic carbocycles. The zero-order chi connectivity index (χ0) is 30.7. The second-order valence-electron chi connectivity index (χ2n) is 12.8. The highest BCUT2D eigenvalue weighted by molar-refractivity contribution is 8.34. The molecule has 252 valence electrons. The van der Waals surface area contributed by atoms with Gasteiger partial charge in [0.1, 0.15) is 0 Å². The van der Waals surface area contributed by atoms with Crippen molar-refractivity contribution >= 4 is 20.1 Å². The second kappa shape index (κ2) is 26.9. The van der Waals surface area contributed by atoms with E-state index >= 15 is 0 Å². The minimum Gasteiger partial charge on any atom is -0.396 e. The fourth-order valence-corrected chi connectivity index (χ4v) is 15.0. The van der Waals surface area contributed by atoms with Crippen molar-refractivity contribution in [2.45, 2.75) is 131 Å². The van der Waals surface area contributed by atoms with E-state index in [1.807, 2.05) is 0 Å². The molecule has 0 bridgehead atoms. The van der Waals surface area contributed by atoms with Crippen molar-refractivity contribution in [2.75, 3.05) is 85.7 Å². The fraction of sp³-hybridized carbons (Fsp3) is 1.00. The summed E-state index contributed by atoms with van der Waals surface area (Å²) >= 11 is 0. The van der Waals surface area contributed by atoms with Crippen LogP contribution in [0.4, 0.5) is 0 Å². The van der Waals surface area contributed by atoms with Gasteiger partial charge in [-0.1, -0.05) is 80.1 Å². The first-order valence-corrected chi connectivity index (χ1v) is 22.4. The number of aliphatic hydroxyl groups is 2. The third kappa shape index (κ3) is 18.8. The molecule has 0 radical (unpaired) electrons. The minimum absolute atomic E-state index is 0.0964. The molecule has 0 aliphatic carbocycles. The van der Waals surface area contributed by atoms with Crippen LogP contribution in [0.2, 0.25) is 0 Å². The standard InChI is InChI=1S/C35H76O4S2/c1-7-13-23-40(24-14-8-2,25-15-9-3)29-19-21-38-33-35(31-36,32-37)34-39-22-20-30-41(26-16-10-4,27-17-11-5)28-18-12-6/h36-37H,7-34H2,1-6H3. The van der Waals surface area contributed by atoms with E-state index in [1.165, 1.54) is 123 Å². The van der Waals surface area contributed by atoms with Crippen molar-refractivity contribution in [3.05, 3.63) is 0 Å². The van der Waals surface area contributed by atoms with Crippen LogP contribution in [0.5, 0.6) is 0 Å². The number of unbranched alkanes of at least 4 members (excludes halogenated alkanes) is 6. The minimum atomic E-state index is -0.701. The molecule has 0 saturated carbocycles. The predicted octanol–water partition coefficient (Wildman–Crippen LogP) is 9.18. The molecule has 41 heavy (non-hydrogen) atoms. The van der Waals surface area contributed by atoms with E-state index in [-0.39, 0.29) is 13.2 Å². The van der Waals surface area contributed by atoms with Gasteiger partial charge in [0.25, 0.3) is 0 Å². The summed E-state index contributed by atoms with van der Waals surface area (Å²) < 4.78 is 12.3. The van der Waals surface area contributed by atoms with Gasteiger partial charge in [-0.25, -0.2) is 20.1 Å². The molecule has 0 aliphatic heterocycles. The van der Waals surface area contributed by atoms with Gasteiger partial charge in [-0.2, -0.15) is 0 Å². The summed E-state index contributed by atoms with van der Waals surface area (Å²) in [5.74, 6) is 11.2. The molecule has 0 fully saturated rings. The molecular formula is C35H76O4S2. The average molecular weight is 625 g/mol. The molecule has 0 rings (SSSR count). The normalized spacial score (nSPS) is 13.7. The highest BCUT2D eigenvalue weighted by Crippen LogP contribution is 2.52. The molecular weight excluding hydrogens is 549 g/mol. The Morgan fingerprint density at radius 2 is 0.659 bits per heavy atom. The molecule has 0 aromatic rings. The molecule has 0 unspecified atom stereocenters. The highest BCUT2D eigenvalue weighted by atomic mass is 32.3. The number of rotatable bonds is 32. The van der Waals surface area contributed by atoms with E-state index in [9.17, 15) is 10.2 Å². The highest BCUT2D eigenvalue weighted by Gasteiger charge is 2.30. The largest absolute Gasteiger partial charge is 0.396 e. The summed E-state index contributed by atoms with van der Waals surface area (Å²) in [5.41, 5.74) is -0.701. The maximum atomic E-state index is 10.2. The van der Waals surface area contributed by atoms with Crippen LogP contribution in [0.1, 0.15) is 131 Å². The lowest BCUT2D eigenvalue weighted by Gasteiger charge is -2.41. The zero-order valence-corrected chi connectivity index (χ0v) is 30.5. The van der Waals surface area contributed by atoms with Crippen LogP contribution in [-0.2, 0) is 9.47 Å². The predicted molar refractivity (Wildman–Crippen MR) is 191 cm³/mol. The van der Waals surface area contributed by atoms with Crippen LogP contribution in [-0.4, -0.2) is 95.9 Å². The molecule has 2 N–H and O–H groups in total. The zero-order valence-electron chi connectivity index (χ0n) is 28.8. The summed E-state index contributed by atoms with van der Waals surface area (Å²) in [7, 11) is -1.12. The van der Waals surface area contributed by atoms with E-state index in [2.05, 4.69) is 41.5 Å². The Bertz CT molecular complexity index is 469. The molecule has 6 heteroatoms. The Kier molecular flexibility index (Phi) is 27.3. The Morgan fingerprint density at radius 1 is 0.415 bits per heavy atom. The Morgan fingerprint density at radius 3 is 0.878 bits per heavy atom. The number of ether oxygens (including phenoxy) is 2. The molecule has 4 nitrogen and oxygen atoms in total. The topological polar surface area (TPSA) is 58.9 Å². The molecule has 0 aliphatic rings. The molecule has 0 heterocycles. The first-order valence-electron chi connectivity index (χ1n) is 17.8. The van der Waals surface area contributed by atoms with Gasteiger partial charge in [0.15, 0.2) is 0 Å². The Balaban J connectivity index is 4.85. The smallest absolute Gasteiger partial charge is 0.0632 e.